The first-order valence-corrected chi connectivity index (χ1v) is 14.1. The number of nitrogens with zero attached hydrogens (tertiary/aromatic N) is 4. The molecule has 0 radical (unpaired) electrons. The van der Waals surface area contributed by atoms with E-state index in [2.05, 4.69) is 55.7 Å². The van der Waals surface area contributed by atoms with Crippen molar-refractivity contribution in [3.8, 4) is 11.3 Å². The van der Waals surface area contributed by atoms with Gasteiger partial charge in [-0.15, -0.1) is 11.3 Å². The molecule has 5 heterocycles. The second-order valence-electron chi connectivity index (χ2n) is 10.4. The van der Waals surface area contributed by atoms with Crippen molar-refractivity contribution in [3.05, 3.63) is 70.6 Å². The summed E-state index contributed by atoms with van der Waals surface area (Å²) in [5.74, 6) is 0. The van der Waals surface area contributed by atoms with Crippen molar-refractivity contribution in [3.63, 3.8) is 0 Å². The van der Waals surface area contributed by atoms with Crippen molar-refractivity contribution < 1.29 is 9.21 Å². The van der Waals surface area contributed by atoms with Gasteiger partial charge in [0.1, 0.15) is 5.58 Å². The summed E-state index contributed by atoms with van der Waals surface area (Å²) in [6, 6.07) is 14.6. The molecule has 1 atom stereocenters. The minimum Gasteiger partial charge on any atom is -0.464 e. The number of furan rings is 1. The van der Waals surface area contributed by atoms with Gasteiger partial charge in [-0.1, -0.05) is 24.3 Å². The quantitative estimate of drug-likeness (QED) is 0.324. The summed E-state index contributed by atoms with van der Waals surface area (Å²) in [6.07, 6.45) is 4.71. The largest absolute Gasteiger partial charge is 0.464 e. The minimum atomic E-state index is 0.0111. The van der Waals surface area contributed by atoms with E-state index in [0.717, 1.165) is 82.2 Å². The Balaban J connectivity index is 1.02. The number of likely N-dealkylation sites (tertiary alicyclic amines) is 1. The molecule has 0 bridgehead atoms. The molecule has 2 aliphatic heterocycles. The molecule has 1 fully saturated rings. The van der Waals surface area contributed by atoms with Crippen LogP contribution in [0.3, 0.4) is 0 Å². The Morgan fingerprint density at radius 2 is 2.16 bits per heavy atom. The topological polar surface area (TPSA) is 90.3 Å². The molecule has 2 N–H and O–H groups in total. The van der Waals surface area contributed by atoms with Gasteiger partial charge in [-0.3, -0.25) is 10.00 Å². The molecule has 2 aromatic carbocycles. The van der Waals surface area contributed by atoms with E-state index >= 15 is 0 Å². The summed E-state index contributed by atoms with van der Waals surface area (Å²) >= 11 is 1.69. The average molecular weight is 527 g/mol. The van der Waals surface area contributed by atoms with Gasteiger partial charge in [-0.05, 0) is 44.5 Å². The van der Waals surface area contributed by atoms with Gasteiger partial charge in [0.25, 0.3) is 0 Å². The molecule has 2 aliphatic rings. The second kappa shape index (κ2) is 9.56. The number of hydrogen-bond donors (Lipinski definition) is 2. The van der Waals surface area contributed by atoms with Crippen molar-refractivity contribution in [2.75, 3.05) is 19.6 Å². The fraction of sp³-hybridized carbons (Fsp3) is 0.345. The number of hydrogen-bond acceptors (Lipinski definition) is 6. The van der Waals surface area contributed by atoms with Crippen molar-refractivity contribution in [2.45, 2.75) is 45.3 Å². The molecule has 5 aromatic rings. The number of rotatable bonds is 4. The number of carbonyl (C=O) groups is 1. The maximum absolute atomic E-state index is 13.4. The van der Waals surface area contributed by atoms with Crippen LogP contribution >= 0.6 is 11.3 Å². The van der Waals surface area contributed by atoms with E-state index in [-0.39, 0.29) is 12.1 Å². The molecule has 1 saturated heterocycles. The summed E-state index contributed by atoms with van der Waals surface area (Å²) in [7, 11) is 0. The first-order valence-electron chi connectivity index (χ1n) is 13.3. The van der Waals surface area contributed by atoms with Crippen LogP contribution in [0, 0.1) is 6.92 Å². The molecule has 0 aliphatic carbocycles. The fourth-order valence-corrected chi connectivity index (χ4v) is 6.74. The number of aromatic amines is 1. The van der Waals surface area contributed by atoms with Crippen LogP contribution in [0.4, 0.5) is 4.79 Å². The minimum absolute atomic E-state index is 0.0111. The number of H-pyrrole nitrogens is 1. The maximum atomic E-state index is 13.4. The number of nitrogens with one attached hydrogen (secondary N) is 2. The standard InChI is InChI=1S/C29H30N6O2S/c1-18-30-25-9-8-19(13-27(25)38-18)28-23-16-35(12-10-24(23)32-33-28)29(36)31-21-5-4-11-34(15-21)14-20-17-37-26-7-3-2-6-22(20)26/h2-3,6-9,13,17,21H,4-5,10-12,14-16H2,1H3,(H,31,36)(H,32,33)/t21-/m1/s1. The van der Waals surface area contributed by atoms with E-state index in [1.165, 1.54) is 10.9 Å². The summed E-state index contributed by atoms with van der Waals surface area (Å²) in [6.45, 7) is 5.98. The third-order valence-electron chi connectivity index (χ3n) is 7.78. The highest BCUT2D eigenvalue weighted by Gasteiger charge is 2.29. The van der Waals surface area contributed by atoms with Gasteiger partial charge in [0.05, 0.1) is 33.7 Å². The molecule has 8 nitrogen and oxygen atoms in total. The smallest absolute Gasteiger partial charge is 0.317 e. The monoisotopic (exact) mass is 526 g/mol. The van der Waals surface area contributed by atoms with E-state index in [1.807, 2.05) is 30.2 Å². The number of amides is 2. The maximum Gasteiger partial charge on any atom is 0.317 e. The lowest BCUT2D eigenvalue weighted by Gasteiger charge is -2.35. The van der Waals surface area contributed by atoms with Crippen LogP contribution in [0.5, 0.6) is 0 Å². The van der Waals surface area contributed by atoms with Gasteiger partial charge >= 0.3 is 6.03 Å². The van der Waals surface area contributed by atoms with Crippen molar-refractivity contribution in [1.82, 2.24) is 30.3 Å². The summed E-state index contributed by atoms with van der Waals surface area (Å²) in [5, 5.41) is 13.4. The lowest BCUT2D eigenvalue weighted by atomic mass is 10.0. The molecular formula is C29H30N6O2S. The van der Waals surface area contributed by atoms with Crippen LogP contribution in [-0.4, -0.2) is 56.7 Å². The molecule has 0 spiro atoms. The van der Waals surface area contributed by atoms with Crippen molar-refractivity contribution in [1.29, 1.82) is 0 Å². The van der Waals surface area contributed by atoms with Crippen LogP contribution in [0.25, 0.3) is 32.4 Å². The Hall–Kier alpha value is -3.69. The SMILES string of the molecule is Cc1nc2ccc(-c3n[nH]c4c3CN(C(=O)N[C@@H]3CCCN(Cc5coc6ccccc56)C3)CC4)cc2s1. The Bertz CT molecular complexity index is 1630. The molecule has 38 heavy (non-hydrogen) atoms. The number of fused-ring (bicyclic) bond motifs is 3. The van der Waals surface area contributed by atoms with Gasteiger partial charge < -0.3 is 14.6 Å². The Morgan fingerprint density at radius 1 is 1.24 bits per heavy atom. The van der Waals surface area contributed by atoms with E-state index in [0.29, 0.717) is 13.1 Å². The van der Waals surface area contributed by atoms with Crippen molar-refractivity contribution >= 4 is 38.6 Å². The van der Waals surface area contributed by atoms with Crippen LogP contribution in [0.15, 0.2) is 53.1 Å². The third-order valence-corrected chi connectivity index (χ3v) is 8.71. The second-order valence-corrected chi connectivity index (χ2v) is 11.6. The Labute approximate surface area is 224 Å². The molecule has 0 saturated carbocycles. The Kier molecular flexibility index (Phi) is 5.89. The van der Waals surface area contributed by atoms with E-state index in [1.54, 1.807) is 11.3 Å². The average Bonchev–Trinajstić information content (AvgIpc) is 3.64. The fourth-order valence-electron chi connectivity index (χ4n) is 5.87. The summed E-state index contributed by atoms with van der Waals surface area (Å²) in [4.78, 5) is 22.3. The highest BCUT2D eigenvalue weighted by atomic mass is 32.1. The van der Waals surface area contributed by atoms with Gasteiger partial charge in [-0.2, -0.15) is 5.10 Å². The molecule has 194 valence electrons. The molecule has 9 heteroatoms. The van der Waals surface area contributed by atoms with Gasteiger partial charge in [0.2, 0.25) is 0 Å². The zero-order valence-corrected chi connectivity index (χ0v) is 22.2. The highest BCUT2D eigenvalue weighted by Crippen LogP contribution is 2.32. The zero-order valence-electron chi connectivity index (χ0n) is 21.4. The van der Waals surface area contributed by atoms with E-state index < -0.39 is 0 Å². The van der Waals surface area contributed by atoms with Gasteiger partial charge in [0.15, 0.2) is 0 Å². The van der Waals surface area contributed by atoms with E-state index in [9.17, 15) is 4.79 Å². The number of piperidine rings is 1. The van der Waals surface area contributed by atoms with Crippen molar-refractivity contribution in [2.24, 2.45) is 0 Å². The first-order chi connectivity index (χ1) is 18.6. The normalized spacial score (nSPS) is 18.2. The molecular weight excluding hydrogens is 496 g/mol. The molecule has 2 amide bonds. The highest BCUT2D eigenvalue weighted by molar-refractivity contribution is 7.18. The van der Waals surface area contributed by atoms with Gasteiger partial charge in [0, 0.05) is 59.9 Å². The van der Waals surface area contributed by atoms with Crippen LogP contribution in [0.2, 0.25) is 0 Å². The first kappa shape index (κ1) is 23.4. The van der Waals surface area contributed by atoms with Gasteiger partial charge in [-0.25, -0.2) is 9.78 Å². The number of aromatic nitrogens is 3. The number of carbonyl (C=O) groups excluding carboxylic acids is 1. The van der Waals surface area contributed by atoms with Crippen LogP contribution in [-0.2, 0) is 19.5 Å². The zero-order chi connectivity index (χ0) is 25.6. The lowest BCUT2D eigenvalue weighted by Crippen LogP contribution is -2.52. The Morgan fingerprint density at radius 3 is 3.11 bits per heavy atom. The lowest BCUT2D eigenvalue weighted by molar-refractivity contribution is 0.160. The number of urea groups is 1. The predicted molar refractivity (Wildman–Crippen MR) is 149 cm³/mol. The van der Waals surface area contributed by atoms with E-state index in [4.69, 9.17) is 4.42 Å². The summed E-state index contributed by atoms with van der Waals surface area (Å²) < 4.78 is 6.89. The van der Waals surface area contributed by atoms with Crippen LogP contribution < -0.4 is 5.32 Å². The summed E-state index contributed by atoms with van der Waals surface area (Å²) in [5.41, 5.74) is 7.39. The molecule has 3 aromatic heterocycles. The third kappa shape index (κ3) is 4.35. The van der Waals surface area contributed by atoms with Crippen LogP contribution in [0.1, 0.15) is 34.7 Å². The molecule has 7 rings (SSSR count). The number of benzene rings is 2. The number of aryl methyl sites for hydroxylation is 1. The number of para-hydroxylation sites is 1. The number of thiazole rings is 1. The molecule has 0 unspecified atom stereocenters. The predicted octanol–water partition coefficient (Wildman–Crippen LogP) is 5.47.